The highest BCUT2D eigenvalue weighted by atomic mass is 33.1. The van der Waals surface area contributed by atoms with Crippen LogP contribution in [0.3, 0.4) is 0 Å². The minimum Gasteiger partial charge on any atom is -0.469 e. The van der Waals surface area contributed by atoms with Gasteiger partial charge in [-0.3, -0.25) is 39.9 Å². The number of methoxy groups -OCH3 is 1. The van der Waals surface area contributed by atoms with Crippen molar-refractivity contribution in [1.82, 2.24) is 0 Å². The molecule has 1 rings (SSSR count). The van der Waals surface area contributed by atoms with Crippen LogP contribution in [0.25, 0.3) is 0 Å². The number of hydrogen-bond donors (Lipinski definition) is 0. The molecule has 0 aromatic heterocycles. The summed E-state index contributed by atoms with van der Waals surface area (Å²) in [6.07, 6.45) is -0.382. The molecule has 0 spiro atoms. The first-order valence-electron chi connectivity index (χ1n) is 8.91. The highest BCUT2D eigenvalue weighted by Gasteiger charge is 2.32. The number of esters is 2. The van der Waals surface area contributed by atoms with Crippen molar-refractivity contribution in [3.8, 4) is 0 Å². The fourth-order valence-corrected chi connectivity index (χ4v) is 4.87. The molecule has 1 aromatic rings. The first kappa shape index (κ1) is 30.1. The minimum atomic E-state index is -1.12. The standard InChI is InChI=1S/C17H21N3O10S2.CH4/c1-17(2,3)32-31-9-11(16(22)29-4)6-15(21)30-8-10-5-13(19(25)26)14(20(27)28)7-12(10)18(23)24;/h5,7,11H,6,8-9H2,1-4H3;1H4. The molecular weight excluding hydrogens is 482 g/mol. The summed E-state index contributed by atoms with van der Waals surface area (Å²) in [6, 6.07) is 1.07. The van der Waals surface area contributed by atoms with E-state index in [2.05, 4.69) is 4.74 Å². The van der Waals surface area contributed by atoms with Gasteiger partial charge in [-0.2, -0.15) is 0 Å². The average molecular weight is 508 g/mol. The van der Waals surface area contributed by atoms with Gasteiger partial charge in [0.2, 0.25) is 0 Å². The topological polar surface area (TPSA) is 182 Å². The predicted molar refractivity (Wildman–Crippen MR) is 123 cm³/mol. The Morgan fingerprint density at radius 1 is 1.00 bits per heavy atom. The normalized spacial score (nSPS) is 11.6. The van der Waals surface area contributed by atoms with E-state index in [1.165, 1.54) is 28.7 Å². The van der Waals surface area contributed by atoms with E-state index < -0.39 is 61.9 Å². The van der Waals surface area contributed by atoms with Crippen LogP contribution in [0.2, 0.25) is 0 Å². The summed E-state index contributed by atoms with van der Waals surface area (Å²) in [5.74, 6) is -2.13. The van der Waals surface area contributed by atoms with Crippen LogP contribution >= 0.6 is 21.6 Å². The molecule has 13 nitrogen and oxygen atoms in total. The maximum absolute atomic E-state index is 12.2. The minimum absolute atomic E-state index is 0. The molecule has 0 fully saturated rings. The van der Waals surface area contributed by atoms with E-state index in [1.807, 2.05) is 20.8 Å². The lowest BCUT2D eigenvalue weighted by atomic mass is 10.1. The number of carbonyl (C=O) groups is 2. The summed E-state index contributed by atoms with van der Waals surface area (Å²) in [7, 11) is 4.04. The molecule has 0 radical (unpaired) electrons. The molecule has 0 heterocycles. The number of carbonyl (C=O) groups excluding carboxylic acids is 2. The largest absolute Gasteiger partial charge is 0.469 e. The van der Waals surface area contributed by atoms with Crippen molar-refractivity contribution < 1.29 is 33.8 Å². The van der Waals surface area contributed by atoms with Crippen molar-refractivity contribution >= 4 is 50.6 Å². The number of nitrogens with zero attached hydrogens (tertiary/aromatic N) is 3. The van der Waals surface area contributed by atoms with Crippen LogP contribution in [0.4, 0.5) is 17.1 Å². The van der Waals surface area contributed by atoms with E-state index in [-0.39, 0.29) is 24.3 Å². The molecule has 0 aliphatic heterocycles. The van der Waals surface area contributed by atoms with Crippen LogP contribution < -0.4 is 0 Å². The van der Waals surface area contributed by atoms with Crippen LogP contribution in [-0.2, 0) is 25.7 Å². The zero-order valence-corrected chi connectivity index (χ0v) is 19.2. The lowest BCUT2D eigenvalue weighted by Gasteiger charge is -2.18. The van der Waals surface area contributed by atoms with Crippen molar-refractivity contribution in [1.29, 1.82) is 0 Å². The third kappa shape index (κ3) is 9.61. The van der Waals surface area contributed by atoms with Crippen LogP contribution in [0.15, 0.2) is 12.1 Å². The lowest BCUT2D eigenvalue weighted by molar-refractivity contribution is -0.424. The Kier molecular flexibility index (Phi) is 11.8. The van der Waals surface area contributed by atoms with E-state index in [0.717, 1.165) is 0 Å². The maximum atomic E-state index is 12.2. The average Bonchev–Trinajstić information content (AvgIpc) is 2.68. The molecular formula is C18H25N3O10S2. The first-order valence-corrected chi connectivity index (χ1v) is 11.2. The van der Waals surface area contributed by atoms with Crippen LogP contribution in [-0.4, -0.2) is 44.3 Å². The van der Waals surface area contributed by atoms with Crippen molar-refractivity contribution in [2.24, 2.45) is 5.92 Å². The maximum Gasteiger partial charge on any atom is 0.352 e. The summed E-state index contributed by atoms with van der Waals surface area (Å²) in [5.41, 5.74) is -3.24. The molecule has 0 amide bonds. The Morgan fingerprint density at radius 3 is 1.97 bits per heavy atom. The quantitative estimate of drug-likeness (QED) is 0.178. The monoisotopic (exact) mass is 507 g/mol. The van der Waals surface area contributed by atoms with Gasteiger partial charge < -0.3 is 9.47 Å². The van der Waals surface area contributed by atoms with Crippen molar-refractivity contribution in [2.75, 3.05) is 12.9 Å². The van der Waals surface area contributed by atoms with Crippen LogP contribution in [0, 0.1) is 36.3 Å². The molecule has 33 heavy (non-hydrogen) atoms. The molecule has 15 heteroatoms. The highest BCUT2D eigenvalue weighted by Crippen LogP contribution is 2.37. The summed E-state index contributed by atoms with van der Waals surface area (Å²) >= 11 is 0. The number of hydrogen-bond acceptors (Lipinski definition) is 12. The van der Waals surface area contributed by atoms with Gasteiger partial charge in [0.05, 0.1) is 39.8 Å². The molecule has 184 valence electrons. The van der Waals surface area contributed by atoms with E-state index in [0.29, 0.717) is 12.1 Å². The van der Waals surface area contributed by atoms with Gasteiger partial charge in [-0.25, -0.2) is 0 Å². The molecule has 0 aliphatic carbocycles. The second kappa shape index (κ2) is 12.9. The molecule has 1 unspecified atom stereocenters. The third-order valence-electron chi connectivity index (χ3n) is 3.68. The van der Waals surface area contributed by atoms with E-state index in [4.69, 9.17) is 4.74 Å². The number of rotatable bonds is 11. The Balaban J connectivity index is 0.0000102. The zero-order chi connectivity index (χ0) is 24.6. The van der Waals surface area contributed by atoms with Gasteiger partial charge in [0.15, 0.2) is 0 Å². The van der Waals surface area contributed by atoms with Gasteiger partial charge >= 0.3 is 23.3 Å². The van der Waals surface area contributed by atoms with Gasteiger partial charge in [-0.15, -0.1) is 0 Å². The van der Waals surface area contributed by atoms with Gasteiger partial charge in [-0.05, 0) is 0 Å². The third-order valence-corrected chi connectivity index (χ3v) is 7.10. The van der Waals surface area contributed by atoms with E-state index >= 15 is 0 Å². The smallest absolute Gasteiger partial charge is 0.352 e. The van der Waals surface area contributed by atoms with Crippen LogP contribution in [0.5, 0.6) is 0 Å². The summed E-state index contributed by atoms with van der Waals surface area (Å²) in [5, 5.41) is 33.3. The first-order chi connectivity index (χ1) is 14.8. The SMILES string of the molecule is C.COC(=O)C(CSSC(C)(C)C)CC(=O)OCc1cc([N+](=O)[O-])c([N+](=O)[O-])cc1[N+](=O)[O-]. The van der Waals surface area contributed by atoms with Gasteiger partial charge in [-0.1, -0.05) is 49.8 Å². The molecule has 0 N–H and O–H groups in total. The molecule has 0 bridgehead atoms. The van der Waals surface area contributed by atoms with Gasteiger partial charge in [0.25, 0.3) is 5.69 Å². The summed E-state index contributed by atoms with van der Waals surface area (Å²) < 4.78 is 9.57. The molecule has 1 aromatic carbocycles. The fraction of sp³-hybridized carbons (Fsp3) is 0.556. The molecule has 1 atom stereocenters. The fourth-order valence-electron chi connectivity index (χ4n) is 2.28. The van der Waals surface area contributed by atoms with Crippen LogP contribution in [0.1, 0.15) is 40.2 Å². The zero-order valence-electron chi connectivity index (χ0n) is 17.6. The van der Waals surface area contributed by atoms with Gasteiger partial charge in [0, 0.05) is 16.6 Å². The number of benzene rings is 1. The Hall–Kier alpha value is -2.94. The second-order valence-corrected chi connectivity index (χ2v) is 10.5. The molecule has 0 saturated heterocycles. The van der Waals surface area contributed by atoms with E-state index in [1.54, 1.807) is 0 Å². The predicted octanol–water partition coefficient (Wildman–Crippen LogP) is 4.45. The van der Waals surface area contributed by atoms with Crippen molar-refractivity contribution in [2.45, 2.75) is 46.0 Å². The number of ether oxygens (including phenoxy) is 2. The molecule has 0 saturated carbocycles. The molecule has 0 aliphatic rings. The van der Waals surface area contributed by atoms with E-state index in [9.17, 15) is 39.9 Å². The summed E-state index contributed by atoms with van der Waals surface area (Å²) in [4.78, 5) is 54.3. The highest BCUT2D eigenvalue weighted by molar-refractivity contribution is 8.77. The van der Waals surface area contributed by atoms with Crippen molar-refractivity contribution in [3.05, 3.63) is 48.0 Å². The number of nitro groups is 3. The van der Waals surface area contributed by atoms with Gasteiger partial charge in [0.1, 0.15) is 12.7 Å². The summed E-state index contributed by atoms with van der Waals surface area (Å²) in [6.45, 7) is 5.18. The Labute approximate surface area is 197 Å². The Morgan fingerprint density at radius 2 is 1.52 bits per heavy atom. The second-order valence-electron chi connectivity index (χ2n) is 7.31. The number of nitro benzene ring substituents is 3. The Bertz CT molecular complexity index is 917. The van der Waals surface area contributed by atoms with Crippen molar-refractivity contribution in [3.63, 3.8) is 0 Å². The lowest BCUT2D eigenvalue weighted by Crippen LogP contribution is -2.23.